The first kappa shape index (κ1) is 16.4. The van der Waals surface area contributed by atoms with Crippen LogP contribution in [0.3, 0.4) is 0 Å². The van der Waals surface area contributed by atoms with Gasteiger partial charge in [-0.1, -0.05) is 13.0 Å². The average Bonchev–Trinajstić information content (AvgIpc) is 2.47. The first-order valence-electron chi connectivity index (χ1n) is 7.95. The van der Waals surface area contributed by atoms with Gasteiger partial charge < -0.3 is 10.2 Å². The largest absolute Gasteiger partial charge is 0.307 e. The van der Waals surface area contributed by atoms with E-state index in [4.69, 9.17) is 0 Å². The SMILES string of the molecule is CCN1CCC(C(C)NC(C)c2c(F)cccc2F)CC1. The number of rotatable bonds is 5. The van der Waals surface area contributed by atoms with Crippen LogP contribution in [0, 0.1) is 17.6 Å². The zero-order valence-corrected chi connectivity index (χ0v) is 13.2. The van der Waals surface area contributed by atoms with Crippen LogP contribution < -0.4 is 5.32 Å². The summed E-state index contributed by atoms with van der Waals surface area (Å²) >= 11 is 0. The Morgan fingerprint density at radius 1 is 1.19 bits per heavy atom. The van der Waals surface area contributed by atoms with E-state index < -0.39 is 11.6 Å². The van der Waals surface area contributed by atoms with Crippen molar-refractivity contribution in [3.05, 3.63) is 35.4 Å². The summed E-state index contributed by atoms with van der Waals surface area (Å²) in [5, 5.41) is 3.38. The Kier molecular flexibility index (Phi) is 5.71. The highest BCUT2D eigenvalue weighted by Crippen LogP contribution is 2.25. The lowest BCUT2D eigenvalue weighted by Crippen LogP contribution is -2.42. The Bertz CT molecular complexity index is 436. The van der Waals surface area contributed by atoms with E-state index in [0.717, 1.165) is 32.5 Å². The number of halogens is 2. The predicted molar refractivity (Wildman–Crippen MR) is 82.2 cm³/mol. The van der Waals surface area contributed by atoms with Crippen LogP contribution >= 0.6 is 0 Å². The van der Waals surface area contributed by atoms with Crippen molar-refractivity contribution in [2.24, 2.45) is 5.92 Å². The molecule has 0 saturated carbocycles. The molecule has 1 fully saturated rings. The van der Waals surface area contributed by atoms with Gasteiger partial charge in [0.1, 0.15) is 11.6 Å². The molecule has 1 saturated heterocycles. The van der Waals surface area contributed by atoms with Crippen molar-refractivity contribution < 1.29 is 8.78 Å². The van der Waals surface area contributed by atoms with Crippen LogP contribution in [0.25, 0.3) is 0 Å². The quantitative estimate of drug-likeness (QED) is 0.890. The molecule has 2 atom stereocenters. The number of hydrogen-bond acceptors (Lipinski definition) is 2. The second-order valence-corrected chi connectivity index (χ2v) is 6.08. The van der Waals surface area contributed by atoms with E-state index >= 15 is 0 Å². The molecule has 1 aliphatic heterocycles. The van der Waals surface area contributed by atoms with Crippen molar-refractivity contribution in [3.8, 4) is 0 Å². The van der Waals surface area contributed by atoms with Gasteiger partial charge in [-0.2, -0.15) is 0 Å². The fourth-order valence-corrected chi connectivity index (χ4v) is 3.31. The molecule has 0 aliphatic carbocycles. The number of nitrogens with one attached hydrogen (secondary N) is 1. The van der Waals surface area contributed by atoms with Crippen LogP contribution in [0.15, 0.2) is 18.2 Å². The zero-order chi connectivity index (χ0) is 15.4. The van der Waals surface area contributed by atoms with Gasteiger partial charge in [0.05, 0.1) is 0 Å². The van der Waals surface area contributed by atoms with E-state index in [9.17, 15) is 8.78 Å². The Balaban J connectivity index is 1.95. The lowest BCUT2D eigenvalue weighted by molar-refractivity contribution is 0.164. The molecule has 0 amide bonds. The molecule has 1 N–H and O–H groups in total. The van der Waals surface area contributed by atoms with Crippen molar-refractivity contribution in [1.82, 2.24) is 10.2 Å². The molecule has 1 heterocycles. The minimum atomic E-state index is -0.469. The molecule has 2 rings (SSSR count). The van der Waals surface area contributed by atoms with Crippen molar-refractivity contribution in [2.75, 3.05) is 19.6 Å². The highest BCUT2D eigenvalue weighted by Gasteiger charge is 2.25. The molecule has 2 unspecified atom stereocenters. The summed E-state index contributed by atoms with van der Waals surface area (Å²) in [5.41, 5.74) is 0.148. The van der Waals surface area contributed by atoms with Crippen molar-refractivity contribution in [3.63, 3.8) is 0 Å². The zero-order valence-electron chi connectivity index (χ0n) is 13.2. The molecule has 2 nitrogen and oxygen atoms in total. The maximum Gasteiger partial charge on any atom is 0.130 e. The van der Waals surface area contributed by atoms with Crippen LogP contribution in [0.5, 0.6) is 0 Å². The van der Waals surface area contributed by atoms with Gasteiger partial charge in [-0.25, -0.2) is 8.78 Å². The first-order chi connectivity index (χ1) is 10.0. The third-order valence-corrected chi connectivity index (χ3v) is 4.73. The van der Waals surface area contributed by atoms with Crippen LogP contribution in [0.1, 0.15) is 45.2 Å². The third-order valence-electron chi connectivity index (χ3n) is 4.73. The van der Waals surface area contributed by atoms with Gasteiger partial charge in [0.25, 0.3) is 0 Å². The van der Waals surface area contributed by atoms with Gasteiger partial charge in [0.2, 0.25) is 0 Å². The van der Waals surface area contributed by atoms with Crippen LogP contribution in [0.4, 0.5) is 8.78 Å². The number of hydrogen-bond donors (Lipinski definition) is 1. The first-order valence-corrected chi connectivity index (χ1v) is 7.95. The Labute approximate surface area is 126 Å². The van der Waals surface area contributed by atoms with E-state index in [1.54, 1.807) is 0 Å². The maximum atomic E-state index is 13.8. The molecule has 0 spiro atoms. The minimum Gasteiger partial charge on any atom is -0.307 e. The van der Waals surface area contributed by atoms with Gasteiger partial charge in [-0.05, 0) is 64.4 Å². The van der Waals surface area contributed by atoms with Gasteiger partial charge in [0, 0.05) is 17.6 Å². The summed E-state index contributed by atoms with van der Waals surface area (Å²) in [6.45, 7) is 9.49. The summed E-state index contributed by atoms with van der Waals surface area (Å²) in [4.78, 5) is 2.45. The van der Waals surface area contributed by atoms with Gasteiger partial charge >= 0.3 is 0 Å². The Morgan fingerprint density at radius 2 is 1.76 bits per heavy atom. The van der Waals surface area contributed by atoms with Crippen molar-refractivity contribution in [1.29, 1.82) is 0 Å². The van der Waals surface area contributed by atoms with Crippen molar-refractivity contribution >= 4 is 0 Å². The third kappa shape index (κ3) is 4.01. The van der Waals surface area contributed by atoms with Gasteiger partial charge in [-0.15, -0.1) is 0 Å². The smallest absolute Gasteiger partial charge is 0.130 e. The molecule has 21 heavy (non-hydrogen) atoms. The Morgan fingerprint density at radius 3 is 2.29 bits per heavy atom. The summed E-state index contributed by atoms with van der Waals surface area (Å²) in [5.74, 6) is -0.365. The number of piperidine rings is 1. The predicted octanol–water partition coefficient (Wildman–Crippen LogP) is 3.74. The molecular weight excluding hydrogens is 270 g/mol. The maximum absolute atomic E-state index is 13.8. The minimum absolute atomic E-state index is 0.148. The summed E-state index contributed by atoms with van der Waals surface area (Å²) < 4.78 is 27.6. The standard InChI is InChI=1S/C17H26F2N2/c1-4-21-10-8-14(9-11-21)12(2)20-13(3)17-15(18)6-5-7-16(17)19/h5-7,12-14,20H,4,8-11H2,1-3H3. The summed E-state index contributed by atoms with van der Waals surface area (Å²) in [6.07, 6.45) is 2.29. The molecule has 1 aromatic carbocycles. The molecule has 118 valence electrons. The number of likely N-dealkylation sites (tertiary alicyclic amines) is 1. The van der Waals surface area contributed by atoms with E-state index in [2.05, 4.69) is 24.1 Å². The molecule has 4 heteroatoms. The van der Waals surface area contributed by atoms with Gasteiger partial charge in [0.15, 0.2) is 0 Å². The normalized spacial score (nSPS) is 20.4. The summed E-state index contributed by atoms with van der Waals surface area (Å²) in [6, 6.07) is 4.00. The van der Waals surface area contributed by atoms with E-state index in [1.807, 2.05) is 6.92 Å². The van der Waals surface area contributed by atoms with E-state index in [-0.39, 0.29) is 17.6 Å². The van der Waals surface area contributed by atoms with Crippen LogP contribution in [0.2, 0.25) is 0 Å². The van der Waals surface area contributed by atoms with Crippen molar-refractivity contribution in [2.45, 2.75) is 45.7 Å². The van der Waals surface area contributed by atoms with E-state index in [0.29, 0.717) is 5.92 Å². The second kappa shape index (κ2) is 7.32. The lowest BCUT2D eigenvalue weighted by Gasteiger charge is -2.35. The molecule has 0 radical (unpaired) electrons. The fraction of sp³-hybridized carbons (Fsp3) is 0.647. The molecular formula is C17H26F2N2. The number of nitrogens with zero attached hydrogens (tertiary/aromatic N) is 1. The van der Waals surface area contributed by atoms with Crippen LogP contribution in [-0.2, 0) is 0 Å². The monoisotopic (exact) mass is 296 g/mol. The highest BCUT2D eigenvalue weighted by atomic mass is 19.1. The number of benzene rings is 1. The second-order valence-electron chi connectivity index (χ2n) is 6.08. The van der Waals surface area contributed by atoms with Crippen LogP contribution in [-0.4, -0.2) is 30.6 Å². The Hall–Kier alpha value is -1.00. The van der Waals surface area contributed by atoms with E-state index in [1.165, 1.54) is 18.2 Å². The lowest BCUT2D eigenvalue weighted by atomic mass is 9.89. The summed E-state index contributed by atoms with van der Waals surface area (Å²) in [7, 11) is 0. The molecule has 1 aliphatic rings. The van der Waals surface area contributed by atoms with Gasteiger partial charge in [-0.3, -0.25) is 0 Å². The molecule has 0 bridgehead atoms. The topological polar surface area (TPSA) is 15.3 Å². The fourth-order valence-electron chi connectivity index (χ4n) is 3.31. The molecule has 1 aromatic rings. The average molecular weight is 296 g/mol. The highest BCUT2D eigenvalue weighted by molar-refractivity contribution is 5.22. The molecule has 0 aromatic heterocycles.